The van der Waals surface area contributed by atoms with Crippen molar-refractivity contribution < 1.29 is 29.0 Å². The molecule has 1 atom stereocenters. The maximum atomic E-state index is 12.5. The molecule has 0 fully saturated rings. The number of benzene rings is 2. The summed E-state index contributed by atoms with van der Waals surface area (Å²) >= 11 is 4.54. The number of nitrogens with zero attached hydrogens (tertiary/aromatic N) is 1. The van der Waals surface area contributed by atoms with E-state index in [1.165, 1.54) is 0 Å². The van der Waals surface area contributed by atoms with Gasteiger partial charge in [0.15, 0.2) is 5.78 Å². The zero-order valence-electron chi connectivity index (χ0n) is 16.2. The molecule has 0 spiro atoms. The van der Waals surface area contributed by atoms with Crippen molar-refractivity contribution in [3.8, 4) is 5.75 Å². The van der Waals surface area contributed by atoms with Gasteiger partial charge in [0.25, 0.3) is 0 Å². The third-order valence-corrected chi connectivity index (χ3v) is 4.15. The highest BCUT2D eigenvalue weighted by Gasteiger charge is 2.21. The summed E-state index contributed by atoms with van der Waals surface area (Å²) in [6, 6.07) is 11.6. The van der Waals surface area contributed by atoms with E-state index in [1.807, 2.05) is 0 Å². The summed E-state index contributed by atoms with van der Waals surface area (Å²) in [6.07, 6.45) is -0.625. The number of nitrogens with two attached hydrogens (primary N) is 1. The molecule has 4 N–H and O–H groups in total. The van der Waals surface area contributed by atoms with E-state index in [9.17, 15) is 19.2 Å². The van der Waals surface area contributed by atoms with Crippen LogP contribution in [0, 0.1) is 0 Å². The minimum absolute atomic E-state index is 0.0239. The molecule has 0 aromatic heterocycles. The highest BCUT2D eigenvalue weighted by Crippen LogP contribution is 2.18. The van der Waals surface area contributed by atoms with Gasteiger partial charge in [-0.15, -0.1) is 0 Å². The number of carbonyl (C=O) groups is 4. The monoisotopic (exact) mass is 441 g/mol. The van der Waals surface area contributed by atoms with E-state index in [0.29, 0.717) is 22.6 Å². The van der Waals surface area contributed by atoms with Crippen LogP contribution in [-0.2, 0) is 14.4 Å². The summed E-state index contributed by atoms with van der Waals surface area (Å²) < 4.78 is 5.44. The Morgan fingerprint density at radius 2 is 1.65 bits per heavy atom. The fraction of sp³-hybridized carbons (Fsp3) is 0.190. The highest BCUT2D eigenvalue weighted by atomic mass is 32.1. The van der Waals surface area contributed by atoms with Crippen molar-refractivity contribution in [1.29, 1.82) is 0 Å². The molecule has 0 saturated heterocycles. The normalized spacial score (nSPS) is 11.0. The number of rotatable bonds is 11. The Hall–Kier alpha value is -3.88. The van der Waals surface area contributed by atoms with Crippen molar-refractivity contribution in [2.45, 2.75) is 18.9 Å². The van der Waals surface area contributed by atoms with Crippen molar-refractivity contribution in [1.82, 2.24) is 5.32 Å². The number of hydrogen-bond acceptors (Lipinski definition) is 7. The molecule has 2 rings (SSSR count). The van der Waals surface area contributed by atoms with Gasteiger partial charge >= 0.3 is 5.97 Å². The molecule has 0 heterocycles. The first kappa shape index (κ1) is 23.4. The van der Waals surface area contributed by atoms with Crippen LogP contribution in [0.25, 0.3) is 0 Å². The van der Waals surface area contributed by atoms with Gasteiger partial charge in [-0.1, -0.05) is 0 Å². The molecule has 2 amide bonds. The van der Waals surface area contributed by atoms with Crippen LogP contribution < -0.4 is 15.8 Å². The van der Waals surface area contributed by atoms with Crippen LogP contribution in [0.5, 0.6) is 5.75 Å². The van der Waals surface area contributed by atoms with Crippen molar-refractivity contribution in [2.24, 2.45) is 10.7 Å². The van der Waals surface area contributed by atoms with Crippen molar-refractivity contribution >= 4 is 46.6 Å². The fourth-order valence-corrected chi connectivity index (χ4v) is 2.64. The molecule has 0 aliphatic carbocycles. The number of carboxylic acid groups (broad SMARTS) is 1. The molecule has 160 valence electrons. The number of aliphatic carboxylic acids is 1. The lowest BCUT2D eigenvalue weighted by molar-refractivity contribution is -0.143. The molecule has 10 heteroatoms. The Bertz CT molecular complexity index is 1010. The number of aliphatic imine (C=N–C) groups is 1. The second kappa shape index (κ2) is 11.3. The van der Waals surface area contributed by atoms with E-state index < -0.39 is 30.2 Å². The van der Waals surface area contributed by atoms with Gasteiger partial charge in [-0.3, -0.25) is 14.4 Å². The molecular formula is C21H19N3O6S. The third-order valence-electron chi connectivity index (χ3n) is 4.06. The molecule has 0 radical (unpaired) electrons. The maximum Gasteiger partial charge on any atom is 0.326 e. The molecule has 1 unspecified atom stereocenters. The number of ether oxygens (including phenoxy) is 1. The van der Waals surface area contributed by atoms with E-state index in [-0.39, 0.29) is 18.8 Å². The summed E-state index contributed by atoms with van der Waals surface area (Å²) in [7, 11) is 0. The fourth-order valence-electron chi connectivity index (χ4n) is 2.54. The number of primary amides is 1. The number of hydrogen-bond donors (Lipinski definition) is 3. The van der Waals surface area contributed by atoms with E-state index in [4.69, 9.17) is 15.6 Å². The average molecular weight is 441 g/mol. The molecule has 31 heavy (non-hydrogen) atoms. The Labute approximate surface area is 182 Å². The first-order valence-corrected chi connectivity index (χ1v) is 9.47. The van der Waals surface area contributed by atoms with E-state index in [1.54, 1.807) is 48.5 Å². The number of thiocarbonyl (C=S) groups is 1. The minimum Gasteiger partial charge on any atom is -0.493 e. The van der Waals surface area contributed by atoms with E-state index >= 15 is 0 Å². The molecule has 9 nitrogen and oxygen atoms in total. The van der Waals surface area contributed by atoms with Crippen molar-refractivity contribution in [2.75, 3.05) is 6.61 Å². The van der Waals surface area contributed by atoms with Gasteiger partial charge in [0.05, 0.1) is 30.3 Å². The summed E-state index contributed by atoms with van der Waals surface area (Å²) in [5.74, 6) is -2.53. The molecule has 0 aliphatic rings. The lowest BCUT2D eigenvalue weighted by atomic mass is 10.0. The van der Waals surface area contributed by atoms with Gasteiger partial charge in [0.2, 0.25) is 11.8 Å². The SMILES string of the molecule is NC(=O)CC(NC(=O)CCOc1ccc(C(=O)c2ccc(N=C=S)cc2)cc1)C(=O)O. The van der Waals surface area contributed by atoms with E-state index in [2.05, 4.69) is 27.7 Å². The zero-order valence-corrected chi connectivity index (χ0v) is 17.1. The van der Waals surface area contributed by atoms with Crippen LogP contribution in [0.3, 0.4) is 0 Å². The number of isothiocyanates is 1. The summed E-state index contributed by atoms with van der Waals surface area (Å²) in [5.41, 5.74) is 6.49. The Balaban J connectivity index is 1.87. The standard InChI is InChI=1S/C21H19N3O6S/c22-18(25)11-17(21(28)29)24-19(26)9-10-30-16-7-3-14(4-8-16)20(27)13-1-5-15(6-2-13)23-12-31/h1-8,17H,9-11H2,(H2,22,25)(H,24,26)(H,28,29). The van der Waals surface area contributed by atoms with Crippen molar-refractivity contribution in [3.05, 3.63) is 59.7 Å². The van der Waals surface area contributed by atoms with Crippen LogP contribution in [-0.4, -0.2) is 46.5 Å². The van der Waals surface area contributed by atoms with Crippen molar-refractivity contribution in [3.63, 3.8) is 0 Å². The second-order valence-electron chi connectivity index (χ2n) is 6.33. The van der Waals surface area contributed by atoms with Gasteiger partial charge in [-0.05, 0) is 60.7 Å². The minimum atomic E-state index is -1.38. The lowest BCUT2D eigenvalue weighted by Crippen LogP contribution is -2.43. The number of carbonyl (C=O) groups excluding carboxylic acids is 3. The summed E-state index contributed by atoms with van der Waals surface area (Å²) in [6.45, 7) is -0.0239. The van der Waals surface area contributed by atoms with Gasteiger partial charge < -0.3 is 20.9 Å². The van der Waals surface area contributed by atoms with Gasteiger partial charge in [-0.2, -0.15) is 4.99 Å². The summed E-state index contributed by atoms with van der Waals surface area (Å²) in [5, 5.41) is 13.4. The maximum absolute atomic E-state index is 12.5. The quantitative estimate of drug-likeness (QED) is 0.274. The molecule has 0 saturated carbocycles. The molecule has 2 aromatic carbocycles. The van der Waals surface area contributed by atoms with Gasteiger partial charge in [0, 0.05) is 11.1 Å². The van der Waals surface area contributed by atoms with Crippen LogP contribution in [0.15, 0.2) is 53.5 Å². The largest absolute Gasteiger partial charge is 0.493 e. The predicted molar refractivity (Wildman–Crippen MR) is 114 cm³/mol. The first-order chi connectivity index (χ1) is 14.8. The molecule has 0 aliphatic heterocycles. The number of ketones is 1. The summed E-state index contributed by atoms with van der Waals surface area (Å²) in [4.78, 5) is 50.0. The second-order valence-corrected chi connectivity index (χ2v) is 6.51. The van der Waals surface area contributed by atoms with Crippen LogP contribution in [0.1, 0.15) is 28.8 Å². The van der Waals surface area contributed by atoms with Gasteiger partial charge in [0.1, 0.15) is 11.8 Å². The number of amides is 2. The predicted octanol–water partition coefficient (Wildman–Crippen LogP) is 1.87. The topological polar surface area (TPSA) is 148 Å². The third kappa shape index (κ3) is 7.46. The zero-order chi connectivity index (χ0) is 22.8. The number of nitrogens with one attached hydrogen (secondary N) is 1. The van der Waals surface area contributed by atoms with Crippen LogP contribution in [0.2, 0.25) is 0 Å². The molecule has 2 aromatic rings. The Kier molecular flexibility index (Phi) is 8.56. The average Bonchev–Trinajstić information content (AvgIpc) is 2.74. The van der Waals surface area contributed by atoms with E-state index in [0.717, 1.165) is 0 Å². The Morgan fingerprint density at radius 1 is 1.06 bits per heavy atom. The first-order valence-electron chi connectivity index (χ1n) is 9.06. The molecule has 0 bridgehead atoms. The number of carboxylic acids is 1. The smallest absolute Gasteiger partial charge is 0.326 e. The van der Waals surface area contributed by atoms with Crippen LogP contribution >= 0.6 is 12.2 Å². The van der Waals surface area contributed by atoms with Crippen LogP contribution in [0.4, 0.5) is 5.69 Å². The highest BCUT2D eigenvalue weighted by molar-refractivity contribution is 7.78. The Morgan fingerprint density at radius 3 is 2.16 bits per heavy atom. The lowest BCUT2D eigenvalue weighted by Gasteiger charge is -2.13. The van der Waals surface area contributed by atoms with Gasteiger partial charge in [-0.25, -0.2) is 4.79 Å². The molecular weight excluding hydrogens is 422 g/mol.